The van der Waals surface area contributed by atoms with Gasteiger partial charge in [-0.1, -0.05) is 12.1 Å². The minimum atomic E-state index is -0.838. The lowest BCUT2D eigenvalue weighted by atomic mass is 9.90. The summed E-state index contributed by atoms with van der Waals surface area (Å²) in [6, 6.07) is 5.84. The number of hydrogen-bond acceptors (Lipinski definition) is 3. The Morgan fingerprint density at radius 2 is 2.09 bits per heavy atom. The molecule has 0 spiro atoms. The zero-order chi connectivity index (χ0) is 16.3. The summed E-state index contributed by atoms with van der Waals surface area (Å²) >= 11 is 0. The van der Waals surface area contributed by atoms with Crippen molar-refractivity contribution in [2.45, 2.75) is 33.6 Å². The number of carbonyl (C=O) groups is 2. The third-order valence-corrected chi connectivity index (χ3v) is 4.47. The molecule has 0 radical (unpaired) electrons. The van der Waals surface area contributed by atoms with Gasteiger partial charge < -0.3 is 14.7 Å². The van der Waals surface area contributed by atoms with Crippen molar-refractivity contribution < 1.29 is 19.4 Å². The first kappa shape index (κ1) is 16.3. The molecule has 0 aliphatic carbocycles. The van der Waals surface area contributed by atoms with Crippen molar-refractivity contribution in [3.63, 3.8) is 0 Å². The van der Waals surface area contributed by atoms with Crippen LogP contribution >= 0.6 is 0 Å². The van der Waals surface area contributed by atoms with Crippen LogP contribution in [0.3, 0.4) is 0 Å². The molecule has 2 rings (SSSR count). The van der Waals surface area contributed by atoms with Gasteiger partial charge in [0.15, 0.2) is 0 Å². The zero-order valence-corrected chi connectivity index (χ0v) is 13.4. The minimum Gasteiger partial charge on any atom is -0.493 e. The number of carboxylic acid groups (broad SMARTS) is 1. The molecular formula is C17H23NO4. The summed E-state index contributed by atoms with van der Waals surface area (Å²) < 4.78 is 5.68. The van der Waals surface area contributed by atoms with E-state index in [1.54, 1.807) is 11.8 Å². The van der Waals surface area contributed by atoms with E-state index in [1.807, 2.05) is 32.0 Å². The molecule has 1 heterocycles. The summed E-state index contributed by atoms with van der Waals surface area (Å²) in [5.41, 5.74) is 1.42. The van der Waals surface area contributed by atoms with E-state index in [0.717, 1.165) is 16.9 Å². The van der Waals surface area contributed by atoms with Gasteiger partial charge in [-0.3, -0.25) is 9.59 Å². The molecule has 1 aromatic carbocycles. The number of amides is 1. The van der Waals surface area contributed by atoms with E-state index in [1.165, 1.54) is 0 Å². The molecule has 1 fully saturated rings. The Morgan fingerprint density at radius 3 is 2.73 bits per heavy atom. The largest absolute Gasteiger partial charge is 0.493 e. The average Bonchev–Trinajstić information content (AvgIpc) is 2.87. The molecule has 1 N–H and O–H groups in total. The normalized spacial score (nSPS) is 21.0. The summed E-state index contributed by atoms with van der Waals surface area (Å²) in [7, 11) is 0. The van der Waals surface area contributed by atoms with Crippen LogP contribution < -0.4 is 4.74 Å². The quantitative estimate of drug-likeness (QED) is 0.907. The van der Waals surface area contributed by atoms with Gasteiger partial charge in [0.05, 0.1) is 18.4 Å². The Hall–Kier alpha value is -2.04. The zero-order valence-electron chi connectivity index (χ0n) is 13.4. The van der Waals surface area contributed by atoms with Crippen molar-refractivity contribution in [3.8, 4) is 5.75 Å². The van der Waals surface area contributed by atoms with E-state index in [-0.39, 0.29) is 18.9 Å². The summed E-state index contributed by atoms with van der Waals surface area (Å²) in [4.78, 5) is 25.0. The van der Waals surface area contributed by atoms with Crippen molar-refractivity contribution in [1.82, 2.24) is 4.90 Å². The fourth-order valence-corrected chi connectivity index (χ4v) is 2.64. The SMILES string of the molecule is Cc1cccc(OCCC(=O)N2CC[C@](C)(C(=O)O)C2)c1C. The summed E-state index contributed by atoms with van der Waals surface area (Å²) in [5, 5.41) is 9.19. The molecule has 1 aliphatic heterocycles. The van der Waals surface area contributed by atoms with Gasteiger partial charge >= 0.3 is 5.97 Å². The second-order valence-electron chi connectivity index (χ2n) is 6.23. The van der Waals surface area contributed by atoms with Crippen LogP contribution in [-0.2, 0) is 9.59 Å². The average molecular weight is 305 g/mol. The van der Waals surface area contributed by atoms with Crippen LogP contribution in [-0.4, -0.2) is 41.6 Å². The lowest BCUT2D eigenvalue weighted by molar-refractivity contribution is -0.147. The summed E-state index contributed by atoms with van der Waals surface area (Å²) in [6.45, 7) is 6.80. The summed E-state index contributed by atoms with van der Waals surface area (Å²) in [6.07, 6.45) is 0.773. The summed E-state index contributed by atoms with van der Waals surface area (Å²) in [5.74, 6) is -0.0886. The van der Waals surface area contributed by atoms with Crippen molar-refractivity contribution in [1.29, 1.82) is 0 Å². The van der Waals surface area contributed by atoms with Crippen LogP contribution in [0.25, 0.3) is 0 Å². The highest BCUT2D eigenvalue weighted by atomic mass is 16.5. The van der Waals surface area contributed by atoms with E-state index in [4.69, 9.17) is 4.74 Å². The van der Waals surface area contributed by atoms with Gasteiger partial charge in [0, 0.05) is 13.1 Å². The number of carbonyl (C=O) groups excluding carboxylic acids is 1. The van der Waals surface area contributed by atoms with E-state index in [0.29, 0.717) is 19.6 Å². The van der Waals surface area contributed by atoms with Crippen LogP contribution in [0.5, 0.6) is 5.75 Å². The number of carboxylic acids is 1. The van der Waals surface area contributed by atoms with Crippen molar-refractivity contribution in [2.75, 3.05) is 19.7 Å². The number of hydrogen-bond donors (Lipinski definition) is 1. The highest BCUT2D eigenvalue weighted by Gasteiger charge is 2.41. The van der Waals surface area contributed by atoms with E-state index in [2.05, 4.69) is 0 Å². The molecule has 120 valence electrons. The van der Waals surface area contributed by atoms with Gasteiger partial charge in [0.2, 0.25) is 5.91 Å². The molecule has 1 saturated heterocycles. The third-order valence-electron chi connectivity index (χ3n) is 4.47. The van der Waals surface area contributed by atoms with Gasteiger partial charge in [-0.05, 0) is 44.4 Å². The standard InChI is InChI=1S/C17H23NO4/c1-12-5-4-6-14(13(12)2)22-10-7-15(19)18-9-8-17(3,11-18)16(20)21/h4-6H,7-11H2,1-3H3,(H,20,21)/t17-/m0/s1. The number of likely N-dealkylation sites (tertiary alicyclic amines) is 1. The maximum atomic E-state index is 12.2. The molecule has 1 aliphatic rings. The van der Waals surface area contributed by atoms with E-state index < -0.39 is 11.4 Å². The molecule has 22 heavy (non-hydrogen) atoms. The first-order valence-corrected chi connectivity index (χ1v) is 7.54. The second-order valence-corrected chi connectivity index (χ2v) is 6.23. The smallest absolute Gasteiger partial charge is 0.311 e. The van der Waals surface area contributed by atoms with Crippen molar-refractivity contribution >= 4 is 11.9 Å². The third kappa shape index (κ3) is 3.40. The maximum Gasteiger partial charge on any atom is 0.311 e. The lowest BCUT2D eigenvalue weighted by Gasteiger charge is -2.20. The fourth-order valence-electron chi connectivity index (χ4n) is 2.64. The lowest BCUT2D eigenvalue weighted by Crippen LogP contribution is -2.35. The highest BCUT2D eigenvalue weighted by molar-refractivity contribution is 5.80. The van der Waals surface area contributed by atoms with Crippen LogP contribution in [0.2, 0.25) is 0 Å². The molecular weight excluding hydrogens is 282 g/mol. The van der Waals surface area contributed by atoms with Gasteiger partial charge in [0.25, 0.3) is 0 Å². The number of benzene rings is 1. The predicted octanol–water partition coefficient (Wildman–Crippen LogP) is 2.40. The van der Waals surface area contributed by atoms with Crippen LogP contribution in [0.1, 0.15) is 30.9 Å². The number of rotatable bonds is 5. The number of nitrogens with zero attached hydrogens (tertiary/aromatic N) is 1. The first-order chi connectivity index (χ1) is 10.3. The molecule has 0 saturated carbocycles. The molecule has 1 amide bonds. The van der Waals surface area contributed by atoms with Gasteiger partial charge in [0.1, 0.15) is 5.75 Å². The van der Waals surface area contributed by atoms with Gasteiger partial charge in [-0.15, -0.1) is 0 Å². The Balaban J connectivity index is 1.84. The Labute approximate surface area is 130 Å². The first-order valence-electron chi connectivity index (χ1n) is 7.54. The Kier molecular flexibility index (Phi) is 4.74. The molecule has 1 atom stereocenters. The highest BCUT2D eigenvalue weighted by Crippen LogP contribution is 2.30. The molecule has 5 nitrogen and oxygen atoms in total. The number of aryl methyl sites for hydroxylation is 1. The number of ether oxygens (including phenoxy) is 1. The van der Waals surface area contributed by atoms with Crippen LogP contribution in [0, 0.1) is 19.3 Å². The predicted molar refractivity (Wildman–Crippen MR) is 83.0 cm³/mol. The molecule has 5 heteroatoms. The molecule has 1 aromatic rings. The van der Waals surface area contributed by atoms with E-state index >= 15 is 0 Å². The number of aliphatic carboxylic acids is 1. The van der Waals surface area contributed by atoms with Crippen molar-refractivity contribution in [3.05, 3.63) is 29.3 Å². The van der Waals surface area contributed by atoms with E-state index in [9.17, 15) is 14.7 Å². The van der Waals surface area contributed by atoms with Gasteiger partial charge in [-0.25, -0.2) is 0 Å². The van der Waals surface area contributed by atoms with Crippen molar-refractivity contribution in [2.24, 2.45) is 5.41 Å². The Bertz CT molecular complexity index is 584. The van der Waals surface area contributed by atoms with Crippen LogP contribution in [0.4, 0.5) is 0 Å². The van der Waals surface area contributed by atoms with Gasteiger partial charge in [-0.2, -0.15) is 0 Å². The van der Waals surface area contributed by atoms with Crippen LogP contribution in [0.15, 0.2) is 18.2 Å². The topological polar surface area (TPSA) is 66.8 Å². The second kappa shape index (κ2) is 6.38. The maximum absolute atomic E-state index is 12.2. The fraction of sp³-hybridized carbons (Fsp3) is 0.529. The monoisotopic (exact) mass is 305 g/mol. The molecule has 0 aromatic heterocycles. The minimum absolute atomic E-state index is 0.0460. The Morgan fingerprint density at radius 1 is 1.36 bits per heavy atom. The molecule has 0 unspecified atom stereocenters. The molecule has 0 bridgehead atoms.